The van der Waals surface area contributed by atoms with Crippen molar-refractivity contribution in [1.82, 2.24) is 20.0 Å². The van der Waals surface area contributed by atoms with Gasteiger partial charge in [-0.15, -0.1) is 10.2 Å². The number of benzene rings is 1. The number of nitrogens with one attached hydrogen (secondary N) is 1. The summed E-state index contributed by atoms with van der Waals surface area (Å²) in [5, 5.41) is 12.8. The first-order valence-corrected chi connectivity index (χ1v) is 8.02. The van der Waals surface area contributed by atoms with E-state index in [1.807, 2.05) is 0 Å². The Labute approximate surface area is 164 Å². The number of hydrogen-bond donors (Lipinski definition) is 1. The molecule has 0 saturated heterocycles. The van der Waals surface area contributed by atoms with Crippen LogP contribution in [0.25, 0.3) is 5.82 Å². The van der Waals surface area contributed by atoms with Crippen molar-refractivity contribution in [2.75, 3.05) is 12.4 Å². The standard InChI is InChI=1S/C17H11F6N5O2/c1-30-13-7-6-12(26-27-13)28-14(17(21,22)23)11(8-24-28)15(29)25-10-4-2-9(3-5-10)16(18,19)20/h2-8H,1H3,(H,25,29). The summed E-state index contributed by atoms with van der Waals surface area (Å²) in [6.07, 6.45) is -8.91. The Morgan fingerprint density at radius 1 is 0.967 bits per heavy atom. The molecule has 158 valence electrons. The molecule has 13 heteroatoms. The van der Waals surface area contributed by atoms with Crippen LogP contribution >= 0.6 is 0 Å². The van der Waals surface area contributed by atoms with Crippen LogP contribution < -0.4 is 10.1 Å². The predicted molar refractivity (Wildman–Crippen MR) is 90.1 cm³/mol. The molecule has 0 spiro atoms. The SMILES string of the molecule is COc1ccc(-n2ncc(C(=O)Nc3ccc(C(F)(F)F)cc3)c2C(F)(F)F)nn1. The molecule has 7 nitrogen and oxygen atoms in total. The largest absolute Gasteiger partial charge is 0.480 e. The fourth-order valence-electron chi connectivity index (χ4n) is 2.44. The number of methoxy groups -OCH3 is 1. The number of halogens is 6. The summed E-state index contributed by atoms with van der Waals surface area (Å²) in [6, 6.07) is 5.64. The lowest BCUT2D eigenvalue weighted by Gasteiger charge is -2.12. The molecular weight excluding hydrogens is 420 g/mol. The Bertz CT molecular complexity index is 1040. The Morgan fingerprint density at radius 2 is 1.63 bits per heavy atom. The number of rotatable bonds is 4. The topological polar surface area (TPSA) is 81.9 Å². The van der Waals surface area contributed by atoms with Crippen molar-refractivity contribution >= 4 is 11.6 Å². The first-order chi connectivity index (χ1) is 14.0. The van der Waals surface area contributed by atoms with Crippen molar-refractivity contribution < 1.29 is 35.9 Å². The molecule has 1 aromatic carbocycles. The zero-order valence-corrected chi connectivity index (χ0v) is 14.9. The first-order valence-electron chi connectivity index (χ1n) is 8.02. The van der Waals surface area contributed by atoms with Gasteiger partial charge in [-0.25, -0.2) is 4.68 Å². The van der Waals surface area contributed by atoms with E-state index in [4.69, 9.17) is 4.74 Å². The molecule has 2 heterocycles. The molecular formula is C17H11F6N5O2. The number of aromatic nitrogens is 4. The van der Waals surface area contributed by atoms with E-state index in [9.17, 15) is 31.1 Å². The van der Waals surface area contributed by atoms with Gasteiger partial charge in [0.1, 0.15) is 0 Å². The van der Waals surface area contributed by atoms with Gasteiger partial charge >= 0.3 is 12.4 Å². The maximum Gasteiger partial charge on any atom is 0.434 e. The van der Waals surface area contributed by atoms with Crippen LogP contribution in [0.1, 0.15) is 21.6 Å². The molecule has 0 atom stereocenters. The number of anilines is 1. The number of carbonyl (C=O) groups excluding carboxylic acids is 1. The van der Waals surface area contributed by atoms with E-state index in [-0.39, 0.29) is 17.4 Å². The highest BCUT2D eigenvalue weighted by atomic mass is 19.4. The lowest BCUT2D eigenvalue weighted by molar-refractivity contribution is -0.143. The number of carbonyl (C=O) groups is 1. The number of amides is 1. The highest BCUT2D eigenvalue weighted by Crippen LogP contribution is 2.34. The summed E-state index contributed by atoms with van der Waals surface area (Å²) in [5.41, 5.74) is -3.37. The fraction of sp³-hybridized carbons (Fsp3) is 0.176. The Kier molecular flexibility index (Phi) is 5.37. The van der Waals surface area contributed by atoms with Crippen LogP contribution in [0.5, 0.6) is 5.88 Å². The average Bonchev–Trinajstić information content (AvgIpc) is 3.13. The van der Waals surface area contributed by atoms with Crippen molar-refractivity contribution in [3.63, 3.8) is 0 Å². The number of hydrogen-bond acceptors (Lipinski definition) is 5. The molecule has 30 heavy (non-hydrogen) atoms. The van der Waals surface area contributed by atoms with E-state index in [1.54, 1.807) is 0 Å². The smallest absolute Gasteiger partial charge is 0.434 e. The van der Waals surface area contributed by atoms with Gasteiger partial charge in [0.25, 0.3) is 5.91 Å². The molecule has 1 N–H and O–H groups in total. The maximum atomic E-state index is 13.6. The number of alkyl halides is 6. The van der Waals surface area contributed by atoms with Crippen LogP contribution in [0.3, 0.4) is 0 Å². The van der Waals surface area contributed by atoms with Crippen molar-refractivity contribution in [1.29, 1.82) is 0 Å². The van der Waals surface area contributed by atoms with E-state index < -0.39 is 35.1 Å². The molecule has 3 aromatic rings. The molecule has 0 aliphatic carbocycles. The van der Waals surface area contributed by atoms with Gasteiger partial charge in [0, 0.05) is 11.8 Å². The van der Waals surface area contributed by atoms with E-state index in [1.165, 1.54) is 13.2 Å². The third kappa shape index (κ3) is 4.34. The van der Waals surface area contributed by atoms with E-state index in [2.05, 4.69) is 20.6 Å². The average molecular weight is 431 g/mol. The first kappa shape index (κ1) is 21.1. The highest BCUT2D eigenvalue weighted by molar-refractivity contribution is 6.05. The van der Waals surface area contributed by atoms with Gasteiger partial charge < -0.3 is 10.1 Å². The van der Waals surface area contributed by atoms with Crippen molar-refractivity contribution in [3.8, 4) is 11.7 Å². The Hall–Kier alpha value is -3.64. The van der Waals surface area contributed by atoms with Crippen LogP contribution in [0.2, 0.25) is 0 Å². The molecule has 0 aliphatic heterocycles. The van der Waals surface area contributed by atoms with E-state index >= 15 is 0 Å². The van der Waals surface area contributed by atoms with Crippen LogP contribution in [0.15, 0.2) is 42.6 Å². The summed E-state index contributed by atoms with van der Waals surface area (Å²) < 4.78 is 83.8. The van der Waals surface area contributed by atoms with Gasteiger partial charge in [-0.3, -0.25) is 4.79 Å². The quantitative estimate of drug-likeness (QED) is 0.633. The molecule has 2 aromatic heterocycles. The third-order valence-corrected chi connectivity index (χ3v) is 3.80. The molecule has 0 bridgehead atoms. The minimum Gasteiger partial charge on any atom is -0.480 e. The van der Waals surface area contributed by atoms with Crippen molar-refractivity contribution in [2.24, 2.45) is 0 Å². The predicted octanol–water partition coefficient (Wildman–Crippen LogP) is 3.96. The zero-order chi connectivity index (χ0) is 22.1. The summed E-state index contributed by atoms with van der Waals surface area (Å²) in [6.45, 7) is 0. The van der Waals surface area contributed by atoms with Crippen molar-refractivity contribution in [2.45, 2.75) is 12.4 Å². The van der Waals surface area contributed by atoms with Gasteiger partial charge in [-0.1, -0.05) is 0 Å². The minimum atomic E-state index is -5.00. The van der Waals surface area contributed by atoms with Crippen LogP contribution in [0, 0.1) is 0 Å². The van der Waals surface area contributed by atoms with Crippen LogP contribution in [-0.4, -0.2) is 33.0 Å². The molecule has 3 rings (SSSR count). The van der Waals surface area contributed by atoms with Gasteiger partial charge in [0.2, 0.25) is 5.88 Å². The summed E-state index contributed by atoms with van der Waals surface area (Å²) in [5.74, 6) is -1.48. The Morgan fingerprint density at radius 3 is 2.13 bits per heavy atom. The summed E-state index contributed by atoms with van der Waals surface area (Å²) in [4.78, 5) is 12.4. The molecule has 0 unspecified atom stereocenters. The maximum absolute atomic E-state index is 13.6. The van der Waals surface area contributed by atoms with Crippen LogP contribution in [0.4, 0.5) is 32.0 Å². The molecule has 1 amide bonds. The summed E-state index contributed by atoms with van der Waals surface area (Å²) in [7, 11) is 1.29. The van der Waals surface area contributed by atoms with E-state index in [0.717, 1.165) is 18.2 Å². The van der Waals surface area contributed by atoms with Gasteiger partial charge in [-0.2, -0.15) is 31.4 Å². The fourth-order valence-corrected chi connectivity index (χ4v) is 2.44. The van der Waals surface area contributed by atoms with Gasteiger partial charge in [-0.05, 0) is 30.3 Å². The van der Waals surface area contributed by atoms with E-state index in [0.29, 0.717) is 23.0 Å². The second-order valence-corrected chi connectivity index (χ2v) is 5.78. The second kappa shape index (κ2) is 7.65. The number of nitrogens with zero attached hydrogens (tertiary/aromatic N) is 4. The van der Waals surface area contributed by atoms with Gasteiger partial charge in [0.05, 0.1) is 24.4 Å². The summed E-state index contributed by atoms with van der Waals surface area (Å²) >= 11 is 0. The molecule has 0 aliphatic rings. The number of ether oxygens (including phenoxy) is 1. The molecule has 0 fully saturated rings. The Balaban J connectivity index is 1.93. The van der Waals surface area contributed by atoms with Crippen LogP contribution in [-0.2, 0) is 12.4 Å². The lowest BCUT2D eigenvalue weighted by atomic mass is 10.2. The minimum absolute atomic E-state index is 0.0553. The van der Waals surface area contributed by atoms with Gasteiger partial charge in [0.15, 0.2) is 11.5 Å². The monoisotopic (exact) mass is 431 g/mol. The van der Waals surface area contributed by atoms with Crippen molar-refractivity contribution in [3.05, 3.63) is 59.4 Å². The molecule has 0 radical (unpaired) electrons. The highest BCUT2D eigenvalue weighted by Gasteiger charge is 2.41. The zero-order valence-electron chi connectivity index (χ0n) is 14.9. The normalized spacial score (nSPS) is 12.0. The second-order valence-electron chi connectivity index (χ2n) is 5.78. The molecule has 0 saturated carbocycles. The lowest BCUT2D eigenvalue weighted by Crippen LogP contribution is -2.21. The third-order valence-electron chi connectivity index (χ3n) is 3.80.